The van der Waals surface area contributed by atoms with Crippen molar-refractivity contribution in [3.05, 3.63) is 34.5 Å². The summed E-state index contributed by atoms with van der Waals surface area (Å²) >= 11 is 0. The molecule has 0 rings (SSSR count). The van der Waals surface area contributed by atoms with Gasteiger partial charge in [-0.1, -0.05) is 19.9 Å². The van der Waals surface area contributed by atoms with Crippen molar-refractivity contribution in [1.82, 2.24) is 0 Å². The molecule has 0 aromatic rings. The molecule has 3 heteroatoms. The van der Waals surface area contributed by atoms with Crippen molar-refractivity contribution >= 4 is 0 Å². The van der Waals surface area contributed by atoms with E-state index in [-0.39, 0.29) is 5.70 Å². The SMILES string of the molecule is C=C(/C=C\C)[N+](=O)[O-].CC. The van der Waals surface area contributed by atoms with Gasteiger partial charge in [-0.15, -0.1) is 0 Å². The second kappa shape index (κ2) is 7.88. The minimum absolute atomic E-state index is 0.0764. The Hall–Kier alpha value is -1.12. The van der Waals surface area contributed by atoms with Gasteiger partial charge in [0, 0.05) is 6.08 Å². The molecule has 10 heavy (non-hydrogen) atoms. The molecule has 0 atom stereocenters. The Labute approximate surface area is 61.2 Å². The first-order chi connectivity index (χ1) is 4.68. The van der Waals surface area contributed by atoms with Gasteiger partial charge >= 0.3 is 0 Å². The molecule has 0 aliphatic carbocycles. The topological polar surface area (TPSA) is 43.1 Å². The minimum atomic E-state index is -0.528. The monoisotopic (exact) mass is 143 g/mol. The van der Waals surface area contributed by atoms with Crippen molar-refractivity contribution in [1.29, 1.82) is 0 Å². The lowest BCUT2D eigenvalue weighted by Gasteiger charge is -1.82. The summed E-state index contributed by atoms with van der Waals surface area (Å²) in [5, 5.41) is 9.74. The molecule has 0 radical (unpaired) electrons. The highest BCUT2D eigenvalue weighted by atomic mass is 16.6. The Kier molecular flexibility index (Phi) is 9.18. The molecule has 0 N–H and O–H groups in total. The van der Waals surface area contributed by atoms with Crippen molar-refractivity contribution in [2.24, 2.45) is 0 Å². The highest BCUT2D eigenvalue weighted by Gasteiger charge is 1.96. The summed E-state index contributed by atoms with van der Waals surface area (Å²) in [5.74, 6) is 0. The van der Waals surface area contributed by atoms with Crippen LogP contribution in [0, 0.1) is 10.1 Å². The summed E-state index contributed by atoms with van der Waals surface area (Å²) in [4.78, 5) is 9.22. The number of nitro groups is 1. The van der Waals surface area contributed by atoms with E-state index in [9.17, 15) is 10.1 Å². The van der Waals surface area contributed by atoms with E-state index >= 15 is 0 Å². The quantitative estimate of drug-likeness (QED) is 0.338. The molecule has 0 aromatic carbocycles. The van der Waals surface area contributed by atoms with Crippen molar-refractivity contribution in [2.45, 2.75) is 20.8 Å². The van der Waals surface area contributed by atoms with Crippen LogP contribution < -0.4 is 0 Å². The molecule has 0 aliphatic rings. The van der Waals surface area contributed by atoms with Crippen molar-refractivity contribution in [2.75, 3.05) is 0 Å². The van der Waals surface area contributed by atoms with Crippen LogP contribution in [0.15, 0.2) is 24.4 Å². The zero-order valence-electron chi connectivity index (χ0n) is 6.63. The van der Waals surface area contributed by atoms with E-state index < -0.39 is 4.92 Å². The maximum absolute atomic E-state index is 9.74. The van der Waals surface area contributed by atoms with Gasteiger partial charge in [-0.2, -0.15) is 0 Å². The first-order valence-electron chi connectivity index (χ1n) is 3.14. The van der Waals surface area contributed by atoms with Crippen LogP contribution in [0.25, 0.3) is 0 Å². The Morgan fingerprint density at radius 2 is 2.00 bits per heavy atom. The summed E-state index contributed by atoms with van der Waals surface area (Å²) in [6.07, 6.45) is 2.92. The predicted octanol–water partition coefficient (Wildman–Crippen LogP) is 2.38. The average molecular weight is 143 g/mol. The van der Waals surface area contributed by atoms with Gasteiger partial charge in [0.2, 0.25) is 0 Å². The van der Waals surface area contributed by atoms with Gasteiger partial charge in [0.05, 0.1) is 4.92 Å². The third-order valence-corrected chi connectivity index (χ3v) is 0.594. The molecule has 0 bridgehead atoms. The molecule has 0 fully saturated rings. The molecular weight excluding hydrogens is 130 g/mol. The second-order valence-electron chi connectivity index (χ2n) is 1.25. The third kappa shape index (κ3) is 6.88. The van der Waals surface area contributed by atoms with Crippen LogP contribution >= 0.6 is 0 Å². The molecule has 0 heterocycles. The fourth-order valence-corrected chi connectivity index (χ4v) is 0.253. The van der Waals surface area contributed by atoms with Gasteiger partial charge in [-0.05, 0) is 13.5 Å². The van der Waals surface area contributed by atoms with Crippen LogP contribution in [0.2, 0.25) is 0 Å². The molecule has 0 saturated carbocycles. The van der Waals surface area contributed by atoms with Gasteiger partial charge in [0.15, 0.2) is 0 Å². The highest BCUT2D eigenvalue weighted by molar-refractivity contribution is 5.03. The maximum atomic E-state index is 9.74. The Balaban J connectivity index is 0. The summed E-state index contributed by atoms with van der Waals surface area (Å²) in [7, 11) is 0. The number of allylic oxidation sites excluding steroid dienone is 2. The van der Waals surface area contributed by atoms with Crippen LogP contribution in [-0.2, 0) is 0 Å². The molecule has 0 aromatic heterocycles. The summed E-state index contributed by atoms with van der Waals surface area (Å²) in [5.41, 5.74) is -0.0764. The van der Waals surface area contributed by atoms with Crippen LogP contribution in [0.4, 0.5) is 0 Å². The van der Waals surface area contributed by atoms with E-state index in [1.54, 1.807) is 13.0 Å². The molecule has 58 valence electrons. The first-order valence-corrected chi connectivity index (χ1v) is 3.14. The highest BCUT2D eigenvalue weighted by Crippen LogP contribution is 1.90. The summed E-state index contributed by atoms with van der Waals surface area (Å²) in [6, 6.07) is 0. The van der Waals surface area contributed by atoms with Crippen LogP contribution in [0.5, 0.6) is 0 Å². The zero-order valence-corrected chi connectivity index (χ0v) is 6.63. The lowest BCUT2D eigenvalue weighted by molar-refractivity contribution is -0.418. The molecule has 0 spiro atoms. The van der Waals surface area contributed by atoms with Crippen molar-refractivity contribution < 1.29 is 4.92 Å². The maximum Gasteiger partial charge on any atom is 0.261 e. The number of hydrogen-bond acceptors (Lipinski definition) is 2. The van der Waals surface area contributed by atoms with Crippen LogP contribution in [-0.4, -0.2) is 4.92 Å². The molecule has 3 nitrogen and oxygen atoms in total. The smallest absolute Gasteiger partial charge is 0.258 e. The van der Waals surface area contributed by atoms with Gasteiger partial charge in [0.1, 0.15) is 0 Å². The third-order valence-electron chi connectivity index (χ3n) is 0.594. The van der Waals surface area contributed by atoms with E-state index in [0.717, 1.165) is 0 Å². The average Bonchev–Trinajstić information content (AvgIpc) is 1.93. The van der Waals surface area contributed by atoms with Crippen LogP contribution in [0.1, 0.15) is 20.8 Å². The summed E-state index contributed by atoms with van der Waals surface area (Å²) in [6.45, 7) is 8.86. The van der Waals surface area contributed by atoms with Crippen molar-refractivity contribution in [3.63, 3.8) is 0 Å². The van der Waals surface area contributed by atoms with Crippen LogP contribution in [0.3, 0.4) is 0 Å². The number of rotatable bonds is 2. The zero-order chi connectivity index (χ0) is 8.57. The van der Waals surface area contributed by atoms with Gasteiger partial charge in [0.25, 0.3) is 5.70 Å². The lowest BCUT2D eigenvalue weighted by Crippen LogP contribution is -1.91. The molecule has 0 unspecified atom stereocenters. The standard InChI is InChI=1S/C5H7NO2.C2H6/c1-3-4-5(2)6(7)8;1-2/h3-4H,2H2,1H3;1-2H3/b4-3-;. The Morgan fingerprint density at radius 3 is 2.10 bits per heavy atom. The lowest BCUT2D eigenvalue weighted by atomic mass is 10.4. The fraction of sp³-hybridized carbons (Fsp3) is 0.429. The van der Waals surface area contributed by atoms with Gasteiger partial charge in [-0.3, -0.25) is 10.1 Å². The van der Waals surface area contributed by atoms with E-state index in [2.05, 4.69) is 6.58 Å². The molecule has 0 amide bonds. The molecular formula is C7H13NO2. The largest absolute Gasteiger partial charge is 0.261 e. The van der Waals surface area contributed by atoms with Gasteiger partial charge < -0.3 is 0 Å². The molecule has 0 aliphatic heterocycles. The summed E-state index contributed by atoms with van der Waals surface area (Å²) < 4.78 is 0. The normalized spacial score (nSPS) is 8.30. The Bertz CT molecular complexity index is 139. The molecule has 0 saturated heterocycles. The first kappa shape index (κ1) is 11.6. The second-order valence-corrected chi connectivity index (χ2v) is 1.25. The van der Waals surface area contributed by atoms with E-state index in [1.165, 1.54) is 6.08 Å². The van der Waals surface area contributed by atoms with E-state index in [0.29, 0.717) is 0 Å². The van der Waals surface area contributed by atoms with E-state index in [4.69, 9.17) is 0 Å². The van der Waals surface area contributed by atoms with E-state index in [1.807, 2.05) is 13.8 Å². The number of hydrogen-bond donors (Lipinski definition) is 0. The number of nitrogens with zero attached hydrogens (tertiary/aromatic N) is 1. The Morgan fingerprint density at radius 1 is 1.60 bits per heavy atom. The predicted molar refractivity (Wildman–Crippen MR) is 42.3 cm³/mol. The fourth-order valence-electron chi connectivity index (χ4n) is 0.253. The van der Waals surface area contributed by atoms with Crippen molar-refractivity contribution in [3.8, 4) is 0 Å². The van der Waals surface area contributed by atoms with Gasteiger partial charge in [-0.25, -0.2) is 0 Å². The minimum Gasteiger partial charge on any atom is -0.258 e.